The molecular weight excluding hydrogens is 596 g/mol. The lowest BCUT2D eigenvalue weighted by molar-refractivity contribution is -0.143. The lowest BCUT2D eigenvalue weighted by Crippen LogP contribution is -2.50. The average molecular weight is 626 g/mol. The molecule has 2 aromatic rings. The van der Waals surface area contributed by atoms with Crippen LogP contribution in [0.2, 0.25) is 0 Å². The molecule has 3 amide bonds. The second kappa shape index (κ2) is 13.2. The predicted octanol–water partition coefficient (Wildman–Crippen LogP) is 5.29. The van der Waals surface area contributed by atoms with Gasteiger partial charge in [0.15, 0.2) is 5.78 Å². The van der Waals surface area contributed by atoms with E-state index in [-0.39, 0.29) is 67.8 Å². The van der Waals surface area contributed by atoms with Crippen LogP contribution in [0, 0.1) is 0 Å². The lowest BCUT2D eigenvalue weighted by atomic mass is 9.84. The van der Waals surface area contributed by atoms with E-state index in [4.69, 9.17) is 5.21 Å². The van der Waals surface area contributed by atoms with Gasteiger partial charge in [0.25, 0.3) is 5.91 Å². The van der Waals surface area contributed by atoms with Crippen LogP contribution in [0.5, 0.6) is 0 Å². The number of hydroxylamine groups is 1. The zero-order chi connectivity index (χ0) is 32.2. The number of alkyl halides is 6. The number of benzene rings is 2. The molecule has 0 spiro atoms. The third-order valence-corrected chi connectivity index (χ3v) is 7.59. The highest BCUT2D eigenvalue weighted by Crippen LogP contribution is 2.37. The first-order chi connectivity index (χ1) is 20.7. The molecule has 1 heterocycles. The van der Waals surface area contributed by atoms with Crippen molar-refractivity contribution >= 4 is 29.6 Å². The van der Waals surface area contributed by atoms with Crippen molar-refractivity contribution in [2.24, 2.45) is 0 Å². The van der Waals surface area contributed by atoms with Gasteiger partial charge < -0.3 is 9.80 Å². The molecule has 0 aromatic heterocycles. The Hall–Kier alpha value is -4.20. The molecule has 8 nitrogen and oxygen atoms in total. The van der Waals surface area contributed by atoms with Gasteiger partial charge in [0.2, 0.25) is 11.8 Å². The van der Waals surface area contributed by atoms with Gasteiger partial charge in [-0.2, -0.15) is 26.3 Å². The first kappa shape index (κ1) is 32.7. The van der Waals surface area contributed by atoms with E-state index in [1.54, 1.807) is 15.9 Å². The molecule has 236 valence electrons. The number of nitrogens with zero attached hydrogens (tertiary/aromatic N) is 2. The summed E-state index contributed by atoms with van der Waals surface area (Å²) in [5, 5.41) is 8.50. The van der Waals surface area contributed by atoms with Crippen LogP contribution in [0.3, 0.4) is 0 Å². The number of aryl methyl sites for hydroxylation is 1. The standard InChI is InChI=1S/C30H29F6N3O5/c31-29(32,33)22-14-18(15-23(17-22)30(34,35)36)13-20-6-5-19-16-21(7-8-24(19)27(20)42)28(43)39-11-9-38(10-12-39)26(41)4-2-1-3-25(40)37-44/h7-8,13-17,44H,1-6,9-12H2,(H,37,40)/b20-13+. The van der Waals surface area contributed by atoms with Gasteiger partial charge in [-0.25, -0.2) is 5.48 Å². The van der Waals surface area contributed by atoms with E-state index >= 15 is 0 Å². The molecule has 44 heavy (non-hydrogen) atoms. The van der Waals surface area contributed by atoms with Crippen LogP contribution in [0.15, 0.2) is 42.0 Å². The number of unbranched alkanes of at least 4 members (excludes halogenated alkanes) is 1. The van der Waals surface area contributed by atoms with Gasteiger partial charge in [0, 0.05) is 55.7 Å². The first-order valence-electron chi connectivity index (χ1n) is 13.8. The third-order valence-electron chi connectivity index (χ3n) is 7.59. The largest absolute Gasteiger partial charge is 0.416 e. The number of ketones is 1. The van der Waals surface area contributed by atoms with Crippen LogP contribution in [-0.4, -0.2) is 64.7 Å². The number of amides is 3. The number of nitrogens with one attached hydrogen (secondary N) is 1. The van der Waals surface area contributed by atoms with Crippen LogP contribution in [0.4, 0.5) is 26.3 Å². The van der Waals surface area contributed by atoms with E-state index in [1.807, 2.05) is 0 Å². The maximum Gasteiger partial charge on any atom is 0.416 e. The second-order valence-electron chi connectivity index (χ2n) is 10.6. The number of fused-ring (bicyclic) bond motifs is 1. The van der Waals surface area contributed by atoms with Gasteiger partial charge in [-0.3, -0.25) is 24.4 Å². The van der Waals surface area contributed by atoms with Crippen LogP contribution in [0.25, 0.3) is 6.08 Å². The summed E-state index contributed by atoms with van der Waals surface area (Å²) in [6, 6.07) is 5.62. The topological polar surface area (TPSA) is 107 Å². The minimum Gasteiger partial charge on any atom is -0.339 e. The summed E-state index contributed by atoms with van der Waals surface area (Å²) in [4.78, 5) is 53.0. The molecule has 4 rings (SSSR count). The van der Waals surface area contributed by atoms with E-state index in [9.17, 15) is 45.5 Å². The molecule has 2 aromatic carbocycles. The molecule has 0 bridgehead atoms. The average Bonchev–Trinajstić information content (AvgIpc) is 2.99. The Morgan fingerprint density at radius 3 is 2.00 bits per heavy atom. The van der Waals surface area contributed by atoms with Crippen molar-refractivity contribution in [1.82, 2.24) is 15.3 Å². The van der Waals surface area contributed by atoms with Gasteiger partial charge in [-0.15, -0.1) is 0 Å². The van der Waals surface area contributed by atoms with E-state index in [2.05, 4.69) is 0 Å². The molecule has 0 unspecified atom stereocenters. The van der Waals surface area contributed by atoms with Gasteiger partial charge in [-0.1, -0.05) is 0 Å². The third kappa shape index (κ3) is 7.84. The molecule has 2 N–H and O–H groups in total. The smallest absolute Gasteiger partial charge is 0.339 e. The number of allylic oxidation sites excluding steroid dienone is 1. The molecule has 0 radical (unpaired) electrons. The Balaban J connectivity index is 1.41. The highest BCUT2D eigenvalue weighted by atomic mass is 19.4. The van der Waals surface area contributed by atoms with Crippen LogP contribution in [-0.2, 0) is 28.4 Å². The maximum atomic E-state index is 13.2. The number of carbonyl (C=O) groups is 4. The lowest BCUT2D eigenvalue weighted by Gasteiger charge is -2.35. The summed E-state index contributed by atoms with van der Waals surface area (Å²) >= 11 is 0. The summed E-state index contributed by atoms with van der Waals surface area (Å²) < 4.78 is 79.5. The number of carbonyl (C=O) groups excluding carboxylic acids is 4. The van der Waals surface area contributed by atoms with E-state index in [0.717, 1.165) is 6.08 Å². The van der Waals surface area contributed by atoms with Gasteiger partial charge in [0.05, 0.1) is 11.1 Å². The van der Waals surface area contributed by atoms with Crippen LogP contribution >= 0.6 is 0 Å². The Kier molecular flexibility index (Phi) is 9.81. The minimum absolute atomic E-state index is 0.0289. The van der Waals surface area contributed by atoms with Crippen molar-refractivity contribution in [3.63, 3.8) is 0 Å². The second-order valence-corrected chi connectivity index (χ2v) is 10.6. The molecule has 0 atom stereocenters. The molecular formula is C30H29F6N3O5. The summed E-state index contributed by atoms with van der Waals surface area (Å²) in [6.07, 6.45) is -7.40. The van der Waals surface area contributed by atoms with Crippen LogP contribution in [0.1, 0.15) is 75.1 Å². The Labute approximate surface area is 248 Å². The van der Waals surface area contributed by atoms with Crippen molar-refractivity contribution in [2.75, 3.05) is 26.2 Å². The fourth-order valence-corrected chi connectivity index (χ4v) is 5.23. The maximum absolute atomic E-state index is 13.2. The number of Topliss-reactive ketones (excluding diaryl/α,β-unsaturated/α-hetero) is 1. The highest BCUT2D eigenvalue weighted by molar-refractivity contribution is 6.13. The van der Waals surface area contributed by atoms with E-state index < -0.39 is 40.7 Å². The Morgan fingerprint density at radius 1 is 0.818 bits per heavy atom. The fraction of sp³-hybridized carbons (Fsp3) is 0.400. The van der Waals surface area contributed by atoms with Gasteiger partial charge >= 0.3 is 12.4 Å². The molecule has 1 fully saturated rings. The highest BCUT2D eigenvalue weighted by Gasteiger charge is 2.37. The summed E-state index contributed by atoms with van der Waals surface area (Å²) in [5.41, 5.74) is -0.666. The van der Waals surface area contributed by atoms with Crippen molar-refractivity contribution < 1.29 is 50.7 Å². The number of hydrogen-bond donors (Lipinski definition) is 2. The van der Waals surface area contributed by atoms with Crippen molar-refractivity contribution in [2.45, 2.75) is 50.9 Å². The monoisotopic (exact) mass is 625 g/mol. The quantitative estimate of drug-likeness (QED) is 0.143. The van der Waals surface area contributed by atoms with Crippen molar-refractivity contribution in [1.29, 1.82) is 0 Å². The summed E-state index contributed by atoms with van der Waals surface area (Å²) in [6.45, 7) is 1.23. The Morgan fingerprint density at radius 2 is 1.41 bits per heavy atom. The number of halogens is 6. The van der Waals surface area contributed by atoms with Crippen molar-refractivity contribution in [3.8, 4) is 0 Å². The molecule has 14 heteroatoms. The van der Waals surface area contributed by atoms with Crippen LogP contribution < -0.4 is 5.48 Å². The molecule has 0 saturated carbocycles. The normalized spacial score (nSPS) is 16.6. The fourth-order valence-electron chi connectivity index (χ4n) is 5.23. The zero-order valence-electron chi connectivity index (χ0n) is 23.4. The number of rotatable bonds is 7. The molecule has 1 saturated heterocycles. The molecule has 1 aliphatic heterocycles. The Bertz CT molecular complexity index is 1440. The van der Waals surface area contributed by atoms with E-state index in [1.165, 1.54) is 17.6 Å². The summed E-state index contributed by atoms with van der Waals surface area (Å²) in [5.74, 6) is -1.46. The molecule has 2 aliphatic rings. The zero-order valence-corrected chi connectivity index (χ0v) is 23.4. The summed E-state index contributed by atoms with van der Waals surface area (Å²) in [7, 11) is 0. The minimum atomic E-state index is -5.01. The van der Waals surface area contributed by atoms with Gasteiger partial charge in [-0.05, 0) is 79.3 Å². The van der Waals surface area contributed by atoms with Gasteiger partial charge in [0.1, 0.15) is 0 Å². The molecule has 1 aliphatic carbocycles. The first-order valence-corrected chi connectivity index (χ1v) is 13.8. The predicted molar refractivity (Wildman–Crippen MR) is 144 cm³/mol. The number of piperazine rings is 1. The van der Waals surface area contributed by atoms with Crippen molar-refractivity contribution in [3.05, 3.63) is 75.4 Å². The SMILES string of the molecule is O=C(CCCCC(=O)N1CCN(C(=O)c2ccc3c(c2)CC/C(=C\c2cc(C(F)(F)F)cc(C(F)(F)F)c2)C3=O)CC1)NO. The number of hydrogen-bond acceptors (Lipinski definition) is 5. The van der Waals surface area contributed by atoms with E-state index in [0.29, 0.717) is 49.2 Å².